The van der Waals surface area contributed by atoms with Crippen LogP contribution in [0.25, 0.3) is 0 Å². The molecule has 0 bridgehead atoms. The number of hydrogen-bond donors (Lipinski definition) is 2. The van der Waals surface area contributed by atoms with E-state index in [4.69, 9.17) is 21.8 Å². The molecule has 2 nitrogen and oxygen atoms in total. The molecular weight excluding hydrogens is 192 g/mol. The van der Waals surface area contributed by atoms with Crippen molar-refractivity contribution in [2.45, 2.75) is 11.8 Å². The quantitative estimate of drug-likeness (QED) is 0.570. The van der Waals surface area contributed by atoms with E-state index >= 15 is 0 Å². The number of nitrogen functional groups attached to an aromatic ring is 1. The Balaban J connectivity index is 3.31. The van der Waals surface area contributed by atoms with Gasteiger partial charge in [0, 0.05) is 16.7 Å². The van der Waals surface area contributed by atoms with Gasteiger partial charge in [-0.25, -0.2) is 0 Å². The number of hydrogen-bond acceptors (Lipinski definition) is 3. The third kappa shape index (κ3) is 1.73. The second kappa shape index (κ2) is 3.83. The van der Waals surface area contributed by atoms with Crippen LogP contribution in [0.4, 0.5) is 5.69 Å². The molecular formula is C8H9ClN2S. The third-order valence-corrected chi connectivity index (χ3v) is 2.56. The first-order valence-corrected chi connectivity index (χ1v) is 5.02. The number of nitrogens with two attached hydrogens (primary N) is 1. The van der Waals surface area contributed by atoms with Gasteiger partial charge in [0.25, 0.3) is 0 Å². The van der Waals surface area contributed by atoms with Gasteiger partial charge < -0.3 is 11.1 Å². The van der Waals surface area contributed by atoms with Crippen LogP contribution in [-0.2, 0) is 0 Å². The Morgan fingerprint density at radius 3 is 2.75 bits per heavy atom. The molecule has 0 unspecified atom stereocenters. The Morgan fingerprint density at radius 1 is 1.58 bits per heavy atom. The first-order valence-electron chi connectivity index (χ1n) is 3.38. The molecule has 0 spiro atoms. The summed E-state index contributed by atoms with van der Waals surface area (Å²) < 4.78 is 0. The maximum atomic E-state index is 7.10. The fraction of sp³-hybridized carbons (Fsp3) is 0.125. The summed E-state index contributed by atoms with van der Waals surface area (Å²) >= 11 is 0. The highest BCUT2D eigenvalue weighted by atomic mass is 35.7. The molecule has 12 heavy (non-hydrogen) atoms. The summed E-state index contributed by atoms with van der Waals surface area (Å²) in [5, 5.41) is 7.10. The van der Waals surface area contributed by atoms with Crippen LogP contribution < -0.4 is 5.73 Å². The highest BCUT2D eigenvalue weighted by Crippen LogP contribution is 2.30. The molecule has 1 aromatic carbocycles. The van der Waals surface area contributed by atoms with Crippen LogP contribution in [0.15, 0.2) is 17.0 Å². The van der Waals surface area contributed by atoms with Crippen LogP contribution in [0.3, 0.4) is 0 Å². The number of benzene rings is 1. The number of aryl methyl sites for hydroxylation is 1. The van der Waals surface area contributed by atoms with Crippen LogP contribution in [-0.4, -0.2) is 6.21 Å². The molecule has 0 saturated heterocycles. The van der Waals surface area contributed by atoms with Gasteiger partial charge in [0.05, 0.1) is 5.69 Å². The summed E-state index contributed by atoms with van der Waals surface area (Å²) in [5.41, 5.74) is 8.08. The molecule has 1 rings (SSSR count). The van der Waals surface area contributed by atoms with Crippen molar-refractivity contribution in [3.8, 4) is 0 Å². The minimum atomic E-state index is 0.579. The van der Waals surface area contributed by atoms with Crippen molar-refractivity contribution in [2.24, 2.45) is 0 Å². The number of halogens is 1. The molecule has 0 fully saturated rings. The highest BCUT2D eigenvalue weighted by Gasteiger charge is 2.03. The average Bonchev–Trinajstić information content (AvgIpc) is 2.08. The van der Waals surface area contributed by atoms with E-state index in [1.54, 1.807) is 0 Å². The Labute approximate surface area is 80.1 Å². The van der Waals surface area contributed by atoms with Crippen LogP contribution in [0.2, 0.25) is 0 Å². The molecule has 0 aliphatic carbocycles. The second-order valence-corrected chi connectivity index (χ2v) is 3.54. The maximum Gasteiger partial charge on any atom is 0.0553 e. The van der Waals surface area contributed by atoms with Crippen LogP contribution in [0, 0.1) is 12.3 Å². The van der Waals surface area contributed by atoms with Crippen LogP contribution >= 0.6 is 21.7 Å². The normalized spacial score (nSPS) is 9.83. The van der Waals surface area contributed by atoms with Crippen molar-refractivity contribution in [1.82, 2.24) is 0 Å². The first-order chi connectivity index (χ1) is 5.69. The Kier molecular flexibility index (Phi) is 3.00. The zero-order valence-electron chi connectivity index (χ0n) is 6.60. The smallest absolute Gasteiger partial charge is 0.0553 e. The summed E-state index contributed by atoms with van der Waals surface area (Å²) in [4.78, 5) is 0.815. The standard InChI is InChI=1S/C8H9ClN2S/c1-5-2-6(4-10)8(11)7(3-5)12-9/h2-4,10H,11H2,1H3. The molecule has 64 valence electrons. The van der Waals surface area contributed by atoms with Gasteiger partial charge in [-0.15, -0.1) is 0 Å². The first kappa shape index (κ1) is 9.42. The summed E-state index contributed by atoms with van der Waals surface area (Å²) in [6, 6.07) is 3.76. The largest absolute Gasteiger partial charge is 0.397 e. The van der Waals surface area contributed by atoms with E-state index in [2.05, 4.69) is 0 Å². The van der Waals surface area contributed by atoms with E-state index in [-0.39, 0.29) is 0 Å². The van der Waals surface area contributed by atoms with Gasteiger partial charge in [-0.05, 0) is 46.3 Å². The van der Waals surface area contributed by atoms with E-state index in [1.807, 2.05) is 19.1 Å². The minimum Gasteiger partial charge on any atom is -0.397 e. The zero-order valence-corrected chi connectivity index (χ0v) is 8.17. The number of anilines is 1. The fourth-order valence-electron chi connectivity index (χ4n) is 0.975. The van der Waals surface area contributed by atoms with Crippen molar-refractivity contribution < 1.29 is 0 Å². The summed E-state index contributed by atoms with van der Waals surface area (Å²) in [6.45, 7) is 1.95. The van der Waals surface area contributed by atoms with Crippen molar-refractivity contribution >= 4 is 33.6 Å². The molecule has 1 aromatic rings. The summed E-state index contributed by atoms with van der Waals surface area (Å²) in [5.74, 6) is 0. The van der Waals surface area contributed by atoms with E-state index < -0.39 is 0 Å². The van der Waals surface area contributed by atoms with Crippen molar-refractivity contribution in [3.05, 3.63) is 23.3 Å². The van der Waals surface area contributed by atoms with Crippen LogP contribution in [0.5, 0.6) is 0 Å². The summed E-state index contributed by atoms with van der Waals surface area (Å²) in [6.07, 6.45) is 1.24. The zero-order chi connectivity index (χ0) is 9.14. The fourth-order valence-corrected chi connectivity index (χ4v) is 1.79. The number of rotatable bonds is 2. The number of nitrogens with one attached hydrogen (secondary N) is 1. The average molecular weight is 201 g/mol. The van der Waals surface area contributed by atoms with E-state index in [0.29, 0.717) is 5.69 Å². The van der Waals surface area contributed by atoms with Gasteiger partial charge in [-0.1, -0.05) is 0 Å². The lowest BCUT2D eigenvalue weighted by Crippen LogP contribution is -1.95. The van der Waals surface area contributed by atoms with E-state index in [1.165, 1.54) is 6.21 Å². The Bertz CT molecular complexity index is 312. The van der Waals surface area contributed by atoms with E-state index in [0.717, 1.165) is 27.0 Å². The predicted octanol–water partition coefficient (Wildman–Crippen LogP) is 2.82. The molecule has 0 aromatic heterocycles. The van der Waals surface area contributed by atoms with Gasteiger partial charge in [0.15, 0.2) is 0 Å². The molecule has 0 aliphatic heterocycles. The van der Waals surface area contributed by atoms with Gasteiger partial charge in [0.2, 0.25) is 0 Å². The molecule has 0 saturated carbocycles. The minimum absolute atomic E-state index is 0.579. The van der Waals surface area contributed by atoms with Crippen molar-refractivity contribution in [1.29, 1.82) is 5.41 Å². The summed E-state index contributed by atoms with van der Waals surface area (Å²) in [7, 11) is 6.68. The second-order valence-electron chi connectivity index (χ2n) is 2.49. The van der Waals surface area contributed by atoms with Crippen molar-refractivity contribution in [2.75, 3.05) is 5.73 Å². The van der Waals surface area contributed by atoms with Gasteiger partial charge in [-0.3, -0.25) is 0 Å². The maximum absolute atomic E-state index is 7.10. The van der Waals surface area contributed by atoms with Crippen LogP contribution in [0.1, 0.15) is 11.1 Å². The molecule has 4 heteroatoms. The van der Waals surface area contributed by atoms with Gasteiger partial charge in [0.1, 0.15) is 0 Å². The third-order valence-electron chi connectivity index (χ3n) is 1.56. The molecule has 0 atom stereocenters. The predicted molar refractivity (Wildman–Crippen MR) is 55.2 cm³/mol. The lowest BCUT2D eigenvalue weighted by Gasteiger charge is -2.05. The molecule has 3 N–H and O–H groups in total. The van der Waals surface area contributed by atoms with Gasteiger partial charge in [-0.2, -0.15) is 0 Å². The highest BCUT2D eigenvalue weighted by molar-refractivity contribution is 8.21. The molecule has 0 heterocycles. The lowest BCUT2D eigenvalue weighted by atomic mass is 10.1. The molecule has 0 aliphatic rings. The monoisotopic (exact) mass is 200 g/mol. The lowest BCUT2D eigenvalue weighted by molar-refractivity contribution is 1.35. The Morgan fingerprint density at radius 2 is 2.25 bits per heavy atom. The SMILES string of the molecule is Cc1cc(C=N)c(N)c(SCl)c1. The van der Waals surface area contributed by atoms with E-state index in [9.17, 15) is 0 Å². The topological polar surface area (TPSA) is 49.9 Å². The molecule has 0 radical (unpaired) electrons. The molecule has 0 amide bonds. The van der Waals surface area contributed by atoms with Crippen molar-refractivity contribution in [3.63, 3.8) is 0 Å². The Hall–Kier alpha value is -0.670. The van der Waals surface area contributed by atoms with Gasteiger partial charge >= 0.3 is 0 Å².